The number of pyridine rings is 1. The summed E-state index contributed by atoms with van der Waals surface area (Å²) in [5.41, 5.74) is 8.67. The third kappa shape index (κ3) is 2.14. The first-order valence-electron chi connectivity index (χ1n) is 7.38. The molecule has 0 aliphatic carbocycles. The van der Waals surface area contributed by atoms with Crippen molar-refractivity contribution < 1.29 is 5.11 Å². The van der Waals surface area contributed by atoms with Gasteiger partial charge in [0.2, 0.25) is 0 Å². The second-order valence-corrected chi connectivity index (χ2v) is 9.49. The maximum atomic E-state index is 12.6. The van der Waals surface area contributed by atoms with Gasteiger partial charge in [0.05, 0.1) is 17.5 Å². The van der Waals surface area contributed by atoms with E-state index in [1.807, 2.05) is 51.6 Å². The molecule has 0 amide bonds. The average Bonchev–Trinajstić information content (AvgIpc) is 2.87. The van der Waals surface area contributed by atoms with Gasteiger partial charge in [-0.1, -0.05) is 34.8 Å². The molecule has 1 aliphatic rings. The van der Waals surface area contributed by atoms with Crippen molar-refractivity contribution >= 4 is 46.1 Å². The van der Waals surface area contributed by atoms with E-state index in [-0.39, 0.29) is 12.2 Å². The lowest BCUT2D eigenvalue weighted by atomic mass is 10.2. The van der Waals surface area contributed by atoms with Crippen LogP contribution in [0.15, 0.2) is 53.3 Å². The highest BCUT2D eigenvalue weighted by Crippen LogP contribution is 2.35. The van der Waals surface area contributed by atoms with Crippen LogP contribution in [0.3, 0.4) is 0 Å². The van der Waals surface area contributed by atoms with E-state index in [4.69, 9.17) is 5.73 Å². The topological polar surface area (TPSA) is 82.3 Å². The Morgan fingerprint density at radius 2 is 2.00 bits per heavy atom. The fraction of sp³-hybridized carbons (Fsp3) is 0.0556. The van der Waals surface area contributed by atoms with E-state index in [1.54, 1.807) is 0 Å². The highest BCUT2D eigenvalue weighted by Gasteiger charge is 2.20. The minimum Gasteiger partial charge on any atom is -0.392 e. The Bertz CT molecular complexity index is 1210. The number of aromatic nitrogens is 1. The fourth-order valence-corrected chi connectivity index (χ4v) is 7.59. The molecule has 5 nitrogen and oxygen atoms in total. The number of aliphatic hydroxyl groups excluding tert-OH is 1. The van der Waals surface area contributed by atoms with Crippen LogP contribution in [0.1, 0.15) is 5.56 Å². The molecule has 2 heterocycles. The number of halogens is 1. The van der Waals surface area contributed by atoms with Crippen molar-refractivity contribution in [3.63, 3.8) is 0 Å². The second kappa shape index (κ2) is 5.64. The third-order valence-corrected chi connectivity index (χ3v) is 8.68. The Hall–Kier alpha value is -2.32. The van der Waals surface area contributed by atoms with Gasteiger partial charge in [-0.3, -0.25) is 7.91 Å². The van der Waals surface area contributed by atoms with Crippen LogP contribution in [0.2, 0.25) is 0 Å². The molecule has 4 N–H and O–H groups in total. The number of aromatic amines is 1. The van der Waals surface area contributed by atoms with Crippen molar-refractivity contribution in [2.24, 2.45) is 5.73 Å². The molecule has 0 unspecified atom stereocenters. The number of benzene rings is 2. The monoisotopic (exact) mass is 433 g/mol. The molecule has 0 atom stereocenters. The summed E-state index contributed by atoms with van der Waals surface area (Å²) in [5, 5.41) is 10.9. The summed E-state index contributed by atoms with van der Waals surface area (Å²) in [6.45, 7) is -0.0383. The molecular weight excluding hydrogens is 417 g/mol. The summed E-state index contributed by atoms with van der Waals surface area (Å²) in [6.07, 6.45) is 0. The van der Waals surface area contributed by atoms with Crippen LogP contribution in [0.25, 0.3) is 16.7 Å². The summed E-state index contributed by atoms with van der Waals surface area (Å²) < 4.78 is 7.39. The van der Waals surface area contributed by atoms with Gasteiger partial charge in [0, 0.05) is 14.1 Å². The maximum Gasteiger partial charge on any atom is 0.260 e. The molecule has 0 fully saturated rings. The van der Waals surface area contributed by atoms with Gasteiger partial charge in [-0.25, -0.2) is 0 Å². The molecule has 0 spiro atoms. The molecule has 122 valence electrons. The minimum atomic E-state index is -2.14. The smallest absolute Gasteiger partial charge is 0.260 e. The number of hydrogen-bond donors (Lipinski definition) is 3. The van der Waals surface area contributed by atoms with Crippen LogP contribution < -0.4 is 19.6 Å². The zero-order valence-corrected chi connectivity index (χ0v) is 14.9. The average molecular weight is 433 g/mol. The molecule has 24 heavy (non-hydrogen) atoms. The molecule has 3 aromatic rings. The summed E-state index contributed by atoms with van der Waals surface area (Å²) in [6, 6.07) is 15.3. The fourth-order valence-electron chi connectivity index (χ4n) is 2.98. The molecule has 0 radical (unpaired) electrons. The number of nitrogens with zero attached hydrogens (tertiary/aromatic N) is 1. The first-order valence-corrected chi connectivity index (χ1v) is 11.0. The Labute approximate surface area is 144 Å². The molecule has 0 saturated carbocycles. The van der Waals surface area contributed by atoms with E-state index in [0.29, 0.717) is 11.0 Å². The Balaban J connectivity index is 2.13. The minimum absolute atomic E-state index is 0.0383. The number of H-pyrrole nitrogens is 1. The van der Waals surface area contributed by atoms with Crippen molar-refractivity contribution in [2.45, 2.75) is 6.61 Å². The van der Waals surface area contributed by atoms with Crippen LogP contribution in [-0.4, -0.2) is 14.6 Å². The molecule has 0 bridgehead atoms. The molecular formula is C18H16IN3O2. The number of para-hydroxylation sites is 1. The maximum absolute atomic E-state index is 12.6. The van der Waals surface area contributed by atoms with Crippen molar-refractivity contribution in [2.75, 3.05) is 3.11 Å². The largest absolute Gasteiger partial charge is 0.392 e. The summed E-state index contributed by atoms with van der Waals surface area (Å²) in [4.78, 5) is 15.5. The van der Waals surface area contributed by atoms with Gasteiger partial charge in [-0.2, -0.15) is 0 Å². The van der Waals surface area contributed by atoms with Gasteiger partial charge in [-0.15, -0.1) is 0 Å². The van der Waals surface area contributed by atoms with Gasteiger partial charge < -0.3 is 15.8 Å². The number of hydrogen-bond acceptors (Lipinski definition) is 4. The Morgan fingerprint density at radius 1 is 1.21 bits per heavy atom. The zero-order valence-electron chi connectivity index (χ0n) is 12.8. The van der Waals surface area contributed by atoms with E-state index < -0.39 is 19.1 Å². The van der Waals surface area contributed by atoms with Gasteiger partial charge in [0.1, 0.15) is 5.82 Å². The summed E-state index contributed by atoms with van der Waals surface area (Å²) in [5.74, 6) is 0.451. The first kappa shape index (κ1) is 15.2. The lowest BCUT2D eigenvalue weighted by Gasteiger charge is -2.19. The standard InChI is InChI=1S/C18H16IN3O2/c1-19-16-13-7-2-3-8-14(13)21-18(24)15(16)17(20)22(19)12-6-4-5-11(9-12)10-23/h2-9,23H,1,10,20H2,(H,21,24). The van der Waals surface area contributed by atoms with E-state index in [9.17, 15) is 9.90 Å². The molecule has 0 saturated heterocycles. The number of nitrogens with two attached hydrogens (primary N) is 1. The molecule has 4 rings (SSSR count). The van der Waals surface area contributed by atoms with Gasteiger partial charge in [0.25, 0.3) is 5.56 Å². The Kier molecular flexibility index (Phi) is 3.58. The predicted molar refractivity (Wildman–Crippen MR) is 107 cm³/mol. The van der Waals surface area contributed by atoms with Crippen LogP contribution >= 0.6 is 19.1 Å². The van der Waals surface area contributed by atoms with Gasteiger partial charge >= 0.3 is 0 Å². The lowest BCUT2D eigenvalue weighted by molar-refractivity contribution is 0.282. The molecule has 6 heteroatoms. The number of aliphatic hydroxyl groups is 1. The van der Waals surface area contributed by atoms with Crippen molar-refractivity contribution in [1.29, 1.82) is 0 Å². The van der Waals surface area contributed by atoms with E-state index >= 15 is 0 Å². The highest BCUT2D eigenvalue weighted by atomic mass is 127. The molecule has 1 aromatic heterocycles. The summed E-state index contributed by atoms with van der Waals surface area (Å²) >= 11 is -2.14. The van der Waals surface area contributed by atoms with E-state index in [2.05, 4.69) is 9.50 Å². The Morgan fingerprint density at radius 3 is 2.79 bits per heavy atom. The zero-order chi connectivity index (χ0) is 16.8. The van der Waals surface area contributed by atoms with Crippen molar-refractivity contribution in [1.82, 2.24) is 4.98 Å². The third-order valence-electron chi connectivity index (χ3n) is 4.07. The van der Waals surface area contributed by atoms with E-state index in [1.165, 1.54) is 0 Å². The van der Waals surface area contributed by atoms with E-state index in [0.717, 1.165) is 25.3 Å². The second-order valence-electron chi connectivity index (χ2n) is 5.52. The summed E-state index contributed by atoms with van der Waals surface area (Å²) in [7, 11) is 0. The van der Waals surface area contributed by atoms with Crippen molar-refractivity contribution in [3.8, 4) is 0 Å². The van der Waals surface area contributed by atoms with Crippen LogP contribution in [0.4, 0.5) is 5.69 Å². The predicted octanol–water partition coefficient (Wildman–Crippen LogP) is 1.67. The quantitative estimate of drug-likeness (QED) is 0.424. The van der Waals surface area contributed by atoms with Crippen LogP contribution in [0.5, 0.6) is 0 Å². The SMILES string of the molecule is C=I1=c2c(c(=O)[nH]c3ccccc23)=C(N)N1c1cccc(CO)c1. The van der Waals surface area contributed by atoms with Crippen LogP contribution in [-0.2, 0) is 6.61 Å². The van der Waals surface area contributed by atoms with Gasteiger partial charge in [-0.05, 0) is 42.9 Å². The van der Waals surface area contributed by atoms with Crippen molar-refractivity contribution in [3.05, 3.63) is 72.8 Å². The number of anilines is 1. The number of nitrogens with one attached hydrogen (secondary N) is 1. The number of rotatable bonds is 2. The molecule has 2 aromatic carbocycles. The highest BCUT2D eigenvalue weighted by molar-refractivity contribution is 14.2. The van der Waals surface area contributed by atoms with Crippen LogP contribution in [0, 0.1) is 3.15 Å². The number of fused-ring (bicyclic) bond motifs is 3. The van der Waals surface area contributed by atoms with Gasteiger partial charge in [0.15, 0.2) is 0 Å². The molecule has 1 aliphatic heterocycles. The normalized spacial score (nSPS) is 14.4. The first-order chi connectivity index (χ1) is 11.6. The lowest BCUT2D eigenvalue weighted by Crippen LogP contribution is -2.34.